The molecule has 0 aliphatic carbocycles. The van der Waals surface area contributed by atoms with E-state index in [9.17, 15) is 0 Å². The van der Waals surface area contributed by atoms with Crippen LogP contribution in [0.5, 0.6) is 0 Å². The zero-order valence-corrected chi connectivity index (χ0v) is 30.8. The van der Waals surface area contributed by atoms with Crippen molar-refractivity contribution in [3.63, 3.8) is 0 Å². The molecule has 220 valence electrons. The Morgan fingerprint density at radius 2 is 0.763 bits per heavy atom. The van der Waals surface area contributed by atoms with Gasteiger partial charge in [0, 0.05) is 0 Å². The van der Waals surface area contributed by atoms with Crippen molar-refractivity contribution in [2.75, 3.05) is 38.0 Å². The van der Waals surface area contributed by atoms with Crippen molar-refractivity contribution in [3.05, 3.63) is 46.5 Å². The molecule has 2 rings (SSSR count). The standard InChI is InChI=1S/C32H53N2P.2ClH.Pd/c1-29(2,3)25-21(33(13)14)17-19-23(27(25)31(7,8)9)35-24-20-18-22(34(15)16)26(30(4,5)6)28(24)32(10,11)12;;;/h17-20,35H,1-16H3;2*1H;/q;;;+2/p-2. The Kier molecular flexibility index (Phi) is 10.3. The summed E-state index contributed by atoms with van der Waals surface area (Å²) in [5.74, 6) is 0. The van der Waals surface area contributed by atoms with Crippen LogP contribution in [0.3, 0.4) is 0 Å². The Bertz CT molecular complexity index is 1120. The molecule has 6 heteroatoms. The molecule has 0 aromatic heterocycles. The summed E-state index contributed by atoms with van der Waals surface area (Å²) in [6, 6.07) is 9.35. The fourth-order valence-corrected chi connectivity index (χ4v) is 16.4. The summed E-state index contributed by atoms with van der Waals surface area (Å²) in [7, 11) is 23.0. The van der Waals surface area contributed by atoms with Gasteiger partial charge in [-0.3, -0.25) is 0 Å². The number of anilines is 2. The van der Waals surface area contributed by atoms with Crippen molar-refractivity contribution >= 4 is 46.7 Å². The molecule has 0 aliphatic rings. The van der Waals surface area contributed by atoms with Crippen LogP contribution in [-0.4, -0.2) is 28.2 Å². The topological polar surface area (TPSA) is 6.48 Å². The molecule has 0 atom stereocenters. The number of rotatable bonds is 4. The number of benzene rings is 2. The van der Waals surface area contributed by atoms with Gasteiger partial charge in [0.1, 0.15) is 0 Å². The Morgan fingerprint density at radius 1 is 0.500 bits per heavy atom. The fraction of sp³-hybridized carbons (Fsp3) is 0.625. The van der Waals surface area contributed by atoms with Gasteiger partial charge >= 0.3 is 250 Å². The maximum atomic E-state index is 7.20. The average Bonchev–Trinajstić information content (AvgIpc) is 2.69. The first-order chi connectivity index (χ1) is 16.9. The first kappa shape index (κ1) is 33.9. The van der Waals surface area contributed by atoms with E-state index >= 15 is 0 Å². The van der Waals surface area contributed by atoms with E-state index in [1.54, 1.807) is 0 Å². The van der Waals surface area contributed by atoms with Crippen LogP contribution >= 0.6 is 24.7 Å². The van der Waals surface area contributed by atoms with E-state index in [4.69, 9.17) is 19.1 Å². The molecule has 0 bridgehead atoms. The summed E-state index contributed by atoms with van der Waals surface area (Å²) in [4.78, 5) is 4.51. The molecule has 0 saturated carbocycles. The zero-order valence-electron chi connectivity index (χ0n) is 26.8. The first-order valence-corrected chi connectivity index (χ1v) is 21.1. The van der Waals surface area contributed by atoms with Gasteiger partial charge in [0.25, 0.3) is 0 Å². The van der Waals surface area contributed by atoms with E-state index in [1.807, 2.05) is 0 Å². The maximum absolute atomic E-state index is 7.20. The summed E-state index contributed by atoms with van der Waals surface area (Å²) in [6.45, 7) is 28.1. The predicted octanol–water partition coefficient (Wildman–Crippen LogP) is 9.01. The molecule has 2 nitrogen and oxygen atoms in total. The van der Waals surface area contributed by atoms with Gasteiger partial charge in [-0.2, -0.15) is 0 Å². The van der Waals surface area contributed by atoms with E-state index < -0.39 is 19.4 Å². The average molecular weight is 674 g/mol. The van der Waals surface area contributed by atoms with Crippen LogP contribution in [0.2, 0.25) is 0 Å². The molecule has 2 aromatic rings. The molecule has 2 aromatic carbocycles. The van der Waals surface area contributed by atoms with Crippen LogP contribution in [0.1, 0.15) is 105 Å². The summed E-state index contributed by atoms with van der Waals surface area (Å²) in [5, 5.41) is 2.76. The molecule has 0 amide bonds. The van der Waals surface area contributed by atoms with E-state index in [1.165, 1.54) is 44.2 Å². The molecule has 0 radical (unpaired) electrons. The van der Waals surface area contributed by atoms with Gasteiger partial charge in [0.2, 0.25) is 0 Å². The van der Waals surface area contributed by atoms with Gasteiger partial charge < -0.3 is 0 Å². The molecule has 0 fully saturated rings. The molecule has 0 saturated heterocycles. The molecular formula is C32H53Cl2N2PPd. The van der Waals surface area contributed by atoms with Gasteiger partial charge in [0.15, 0.2) is 0 Å². The molecule has 0 aliphatic heterocycles. The molecule has 0 unspecified atom stereocenters. The van der Waals surface area contributed by atoms with Crippen LogP contribution < -0.4 is 20.4 Å². The number of hydrogen-bond donors (Lipinski definition) is 0. The second kappa shape index (κ2) is 11.5. The quantitative estimate of drug-likeness (QED) is 0.236. The van der Waals surface area contributed by atoms with Crippen LogP contribution in [0.15, 0.2) is 24.3 Å². The van der Waals surface area contributed by atoms with E-state index in [2.05, 4.69) is 145 Å². The summed E-state index contributed by atoms with van der Waals surface area (Å²) < 4.78 is 0. The van der Waals surface area contributed by atoms with Crippen molar-refractivity contribution in [2.45, 2.75) is 105 Å². The summed E-state index contributed by atoms with van der Waals surface area (Å²) in [6.07, 6.45) is 0. The minimum atomic E-state index is -1.89. The second-order valence-corrected chi connectivity index (χ2v) is 27.6. The van der Waals surface area contributed by atoms with Gasteiger partial charge in [0.05, 0.1) is 0 Å². The Labute approximate surface area is 248 Å². The summed E-state index contributed by atoms with van der Waals surface area (Å²) >= 11 is -1.89. The second-order valence-electron chi connectivity index (χ2n) is 15.0. The van der Waals surface area contributed by atoms with E-state index in [-0.39, 0.29) is 21.7 Å². The van der Waals surface area contributed by atoms with E-state index in [0.29, 0.717) is 0 Å². The van der Waals surface area contributed by atoms with Gasteiger partial charge in [-0.15, -0.1) is 0 Å². The van der Waals surface area contributed by atoms with Crippen LogP contribution in [0.4, 0.5) is 11.4 Å². The minimum absolute atomic E-state index is 0.0312. The molecular weight excluding hydrogens is 621 g/mol. The van der Waals surface area contributed by atoms with E-state index in [0.717, 1.165) is 0 Å². The molecule has 0 heterocycles. The zero-order chi connectivity index (χ0) is 29.8. The molecule has 38 heavy (non-hydrogen) atoms. The van der Waals surface area contributed by atoms with Gasteiger partial charge in [-0.25, -0.2) is 0 Å². The van der Waals surface area contributed by atoms with Crippen molar-refractivity contribution in [3.8, 4) is 0 Å². The monoisotopic (exact) mass is 672 g/mol. The van der Waals surface area contributed by atoms with Crippen LogP contribution in [-0.2, 0) is 35.4 Å². The third-order valence-corrected chi connectivity index (χ3v) is 17.4. The SMILES string of the molecule is CN(C)c1ccc([PH](c2ccc(N(C)C)c(C(C)(C)C)c2C(C)(C)C)=[Pd]([Cl])[Cl])c(C(C)(C)C)c1C(C)(C)C. The predicted molar refractivity (Wildman–Crippen MR) is 176 cm³/mol. The Hall–Kier alpha value is -0.288. The molecule has 0 N–H and O–H groups in total. The molecule has 0 spiro atoms. The number of nitrogens with zero attached hydrogens (tertiary/aromatic N) is 2. The van der Waals surface area contributed by atoms with Crippen molar-refractivity contribution in [1.29, 1.82) is 0 Å². The van der Waals surface area contributed by atoms with Gasteiger partial charge in [-0.05, 0) is 0 Å². The number of hydrogen-bond acceptors (Lipinski definition) is 2. The van der Waals surface area contributed by atoms with Gasteiger partial charge in [-0.1, -0.05) is 0 Å². The van der Waals surface area contributed by atoms with Crippen molar-refractivity contribution in [1.82, 2.24) is 0 Å². The number of halogens is 2. The first-order valence-electron chi connectivity index (χ1n) is 13.5. The van der Waals surface area contributed by atoms with Crippen molar-refractivity contribution < 1.29 is 13.7 Å². The fourth-order valence-electron chi connectivity index (χ4n) is 5.62. The third kappa shape index (κ3) is 7.13. The third-order valence-electron chi connectivity index (χ3n) is 6.89. The Balaban J connectivity index is 3.28. The Morgan fingerprint density at radius 3 is 0.947 bits per heavy atom. The van der Waals surface area contributed by atoms with Crippen LogP contribution in [0.25, 0.3) is 0 Å². The van der Waals surface area contributed by atoms with Crippen molar-refractivity contribution in [2.24, 2.45) is 0 Å². The summed E-state index contributed by atoms with van der Waals surface area (Å²) in [5.41, 5.74) is 6.56. The normalized spacial score (nSPS) is 13.7. The van der Waals surface area contributed by atoms with Crippen LogP contribution in [0, 0.1) is 0 Å².